The van der Waals surface area contributed by atoms with Crippen molar-refractivity contribution in [3.63, 3.8) is 0 Å². The molecule has 164 valence electrons. The zero-order chi connectivity index (χ0) is 22.2. The van der Waals surface area contributed by atoms with Crippen molar-refractivity contribution in [1.82, 2.24) is 4.57 Å². The Balaban J connectivity index is 1.85. The van der Waals surface area contributed by atoms with Gasteiger partial charge in [-0.1, -0.05) is 11.3 Å². The van der Waals surface area contributed by atoms with Crippen LogP contribution in [-0.2, 0) is 20.8 Å². The van der Waals surface area contributed by atoms with Gasteiger partial charge in [-0.15, -0.1) is 0 Å². The number of thiazole rings is 1. The molecule has 0 saturated carbocycles. The van der Waals surface area contributed by atoms with Crippen molar-refractivity contribution in [2.24, 2.45) is 4.99 Å². The smallest absolute Gasteiger partial charge is 0.337 e. The minimum atomic E-state index is -0.418. The van der Waals surface area contributed by atoms with Crippen LogP contribution in [0.25, 0.3) is 10.2 Å². The summed E-state index contributed by atoms with van der Waals surface area (Å²) in [5.74, 6) is 0.419. The number of nitrogens with zero attached hydrogens (tertiary/aromatic N) is 2. The summed E-state index contributed by atoms with van der Waals surface area (Å²) in [7, 11) is 2.92. The van der Waals surface area contributed by atoms with Gasteiger partial charge in [0.25, 0.3) is 5.91 Å². The first kappa shape index (κ1) is 22.5. The molecule has 0 spiro atoms. The van der Waals surface area contributed by atoms with Crippen LogP contribution in [0.5, 0.6) is 11.5 Å². The van der Waals surface area contributed by atoms with Crippen molar-refractivity contribution in [2.75, 3.05) is 34.0 Å². The van der Waals surface area contributed by atoms with E-state index in [0.29, 0.717) is 41.6 Å². The van der Waals surface area contributed by atoms with Gasteiger partial charge in [-0.3, -0.25) is 4.79 Å². The van der Waals surface area contributed by atoms with Crippen LogP contribution in [0.3, 0.4) is 0 Å². The molecule has 2 aromatic carbocycles. The number of hydrogen-bond donors (Lipinski definition) is 0. The number of carbonyl (C=O) groups excluding carboxylic acids is 2. The molecule has 3 aromatic rings. The molecule has 9 heteroatoms. The number of fused-ring (bicyclic) bond motifs is 1. The predicted molar refractivity (Wildman–Crippen MR) is 117 cm³/mol. The van der Waals surface area contributed by atoms with E-state index in [2.05, 4.69) is 4.99 Å². The number of ether oxygens (including phenoxy) is 4. The van der Waals surface area contributed by atoms with Crippen molar-refractivity contribution in [2.45, 2.75) is 13.5 Å². The lowest BCUT2D eigenvalue weighted by molar-refractivity contribution is -0.120. The molecule has 0 fully saturated rings. The lowest BCUT2D eigenvalue weighted by atomic mass is 10.2. The van der Waals surface area contributed by atoms with Gasteiger partial charge >= 0.3 is 5.97 Å². The number of hydrogen-bond acceptors (Lipinski definition) is 7. The van der Waals surface area contributed by atoms with Crippen LogP contribution in [0.4, 0.5) is 0 Å². The maximum absolute atomic E-state index is 12.5. The molecule has 1 aromatic heterocycles. The fourth-order valence-corrected chi connectivity index (χ4v) is 3.99. The molecule has 1 heterocycles. The van der Waals surface area contributed by atoms with Crippen molar-refractivity contribution in [3.05, 3.63) is 52.8 Å². The molecule has 0 aliphatic heterocycles. The van der Waals surface area contributed by atoms with Crippen molar-refractivity contribution in [3.8, 4) is 11.5 Å². The average molecular weight is 445 g/mol. The number of methoxy groups -OCH3 is 2. The van der Waals surface area contributed by atoms with Crippen LogP contribution in [-0.4, -0.2) is 50.5 Å². The molecule has 0 N–H and O–H groups in total. The zero-order valence-electron chi connectivity index (χ0n) is 17.6. The van der Waals surface area contributed by atoms with E-state index in [1.54, 1.807) is 43.5 Å². The van der Waals surface area contributed by atoms with Gasteiger partial charge in [0.15, 0.2) is 11.4 Å². The molecular formula is C22H24N2O6S. The maximum atomic E-state index is 12.5. The summed E-state index contributed by atoms with van der Waals surface area (Å²) in [4.78, 5) is 29.1. The third kappa shape index (κ3) is 5.71. The monoisotopic (exact) mass is 444 g/mol. The van der Waals surface area contributed by atoms with Gasteiger partial charge in [0.05, 0.1) is 36.6 Å². The molecule has 0 unspecified atom stereocenters. The van der Waals surface area contributed by atoms with E-state index in [4.69, 9.17) is 18.9 Å². The fraction of sp³-hybridized carbons (Fsp3) is 0.318. The molecule has 0 atom stereocenters. The molecule has 1 amide bonds. The van der Waals surface area contributed by atoms with Gasteiger partial charge in [-0.2, -0.15) is 4.99 Å². The van der Waals surface area contributed by atoms with E-state index in [1.807, 2.05) is 17.6 Å². The molecule has 0 saturated heterocycles. The topological polar surface area (TPSA) is 88.4 Å². The standard InChI is InChI=1S/C22H24N2O6S/c1-4-29-12-11-24-18-10-5-15(21(26)28-3)13-19(18)31-22(24)23-20(25)14-30-17-8-6-16(27-2)7-9-17/h5-10,13H,4,11-12,14H2,1-3H3. The lowest BCUT2D eigenvalue weighted by Crippen LogP contribution is -2.21. The Morgan fingerprint density at radius 2 is 1.81 bits per heavy atom. The first-order valence-electron chi connectivity index (χ1n) is 9.69. The van der Waals surface area contributed by atoms with Gasteiger partial charge in [0.2, 0.25) is 0 Å². The van der Waals surface area contributed by atoms with Gasteiger partial charge < -0.3 is 23.5 Å². The second-order valence-electron chi connectivity index (χ2n) is 6.38. The van der Waals surface area contributed by atoms with E-state index in [0.717, 1.165) is 10.2 Å². The minimum Gasteiger partial charge on any atom is -0.497 e. The second-order valence-corrected chi connectivity index (χ2v) is 7.39. The second kappa shape index (κ2) is 10.7. The molecular weight excluding hydrogens is 420 g/mol. The number of esters is 1. The molecule has 0 bridgehead atoms. The van der Waals surface area contributed by atoms with Gasteiger partial charge in [0, 0.05) is 13.2 Å². The minimum absolute atomic E-state index is 0.195. The number of rotatable bonds is 9. The van der Waals surface area contributed by atoms with E-state index in [-0.39, 0.29) is 6.61 Å². The maximum Gasteiger partial charge on any atom is 0.337 e. The summed E-state index contributed by atoms with van der Waals surface area (Å²) in [6.45, 7) is 3.32. The predicted octanol–water partition coefficient (Wildman–Crippen LogP) is 3.04. The number of aromatic nitrogens is 1. The molecule has 31 heavy (non-hydrogen) atoms. The highest BCUT2D eigenvalue weighted by Gasteiger charge is 2.12. The third-order valence-electron chi connectivity index (χ3n) is 4.41. The van der Waals surface area contributed by atoms with Crippen LogP contribution in [0.1, 0.15) is 17.3 Å². The van der Waals surface area contributed by atoms with Crippen LogP contribution < -0.4 is 14.3 Å². The molecule has 8 nitrogen and oxygen atoms in total. The highest BCUT2D eigenvalue weighted by Crippen LogP contribution is 2.20. The SMILES string of the molecule is CCOCCn1c(=NC(=O)COc2ccc(OC)cc2)sc2cc(C(=O)OC)ccc21. The Morgan fingerprint density at radius 1 is 1.06 bits per heavy atom. The third-order valence-corrected chi connectivity index (χ3v) is 5.45. The van der Waals surface area contributed by atoms with Crippen LogP contribution in [0, 0.1) is 0 Å². The quantitative estimate of drug-likeness (QED) is 0.372. The van der Waals surface area contributed by atoms with E-state index in [1.165, 1.54) is 18.4 Å². The average Bonchev–Trinajstić information content (AvgIpc) is 3.13. The van der Waals surface area contributed by atoms with Crippen LogP contribution in [0.2, 0.25) is 0 Å². The lowest BCUT2D eigenvalue weighted by Gasteiger charge is -2.06. The summed E-state index contributed by atoms with van der Waals surface area (Å²) in [5.41, 5.74) is 1.30. The van der Waals surface area contributed by atoms with Gasteiger partial charge in [-0.05, 0) is 49.4 Å². The highest BCUT2D eigenvalue weighted by atomic mass is 32.1. The first-order chi connectivity index (χ1) is 15.0. The summed E-state index contributed by atoms with van der Waals surface area (Å²) < 4.78 is 23.6. The Morgan fingerprint density at radius 3 is 2.48 bits per heavy atom. The van der Waals surface area contributed by atoms with E-state index >= 15 is 0 Å². The fourth-order valence-electron chi connectivity index (χ4n) is 2.88. The molecule has 0 aliphatic rings. The van der Waals surface area contributed by atoms with E-state index < -0.39 is 11.9 Å². The Bertz CT molecular complexity index is 1120. The number of benzene rings is 2. The van der Waals surface area contributed by atoms with Crippen molar-refractivity contribution >= 4 is 33.4 Å². The van der Waals surface area contributed by atoms with Gasteiger partial charge in [0.1, 0.15) is 11.5 Å². The Hall–Kier alpha value is -3.17. The highest BCUT2D eigenvalue weighted by molar-refractivity contribution is 7.16. The largest absolute Gasteiger partial charge is 0.497 e. The van der Waals surface area contributed by atoms with E-state index in [9.17, 15) is 9.59 Å². The summed E-state index contributed by atoms with van der Waals surface area (Å²) in [6, 6.07) is 12.2. The summed E-state index contributed by atoms with van der Waals surface area (Å²) >= 11 is 1.32. The van der Waals surface area contributed by atoms with Crippen molar-refractivity contribution in [1.29, 1.82) is 0 Å². The number of carbonyl (C=O) groups is 2. The Kier molecular flexibility index (Phi) is 7.80. The zero-order valence-corrected chi connectivity index (χ0v) is 18.4. The van der Waals surface area contributed by atoms with Crippen LogP contribution >= 0.6 is 11.3 Å². The first-order valence-corrected chi connectivity index (χ1v) is 10.5. The molecule has 0 aliphatic carbocycles. The summed E-state index contributed by atoms with van der Waals surface area (Å²) in [6.07, 6.45) is 0. The normalized spacial score (nSPS) is 11.5. The van der Waals surface area contributed by atoms with Crippen molar-refractivity contribution < 1.29 is 28.5 Å². The van der Waals surface area contributed by atoms with Gasteiger partial charge in [-0.25, -0.2) is 4.79 Å². The molecule has 0 radical (unpaired) electrons. The molecule has 3 rings (SSSR count). The number of amides is 1. The summed E-state index contributed by atoms with van der Waals surface area (Å²) in [5, 5.41) is 0. The van der Waals surface area contributed by atoms with Crippen LogP contribution in [0.15, 0.2) is 47.5 Å². The Labute approximate surface area is 183 Å².